The summed E-state index contributed by atoms with van der Waals surface area (Å²) in [4.78, 5) is 10.5. The number of allylic oxidation sites excluding steroid dienone is 1. The van der Waals surface area contributed by atoms with Gasteiger partial charge in [-0.2, -0.15) is 0 Å². The second-order valence-corrected chi connectivity index (χ2v) is 5.92. The topological polar surface area (TPSA) is 55.8 Å². The molecule has 4 nitrogen and oxygen atoms in total. The van der Waals surface area contributed by atoms with Crippen LogP contribution in [0.3, 0.4) is 0 Å². The molecule has 0 aromatic heterocycles. The van der Waals surface area contributed by atoms with Gasteiger partial charge in [-0.1, -0.05) is 36.4 Å². The fourth-order valence-electron chi connectivity index (χ4n) is 2.66. The number of hydrogen-bond acceptors (Lipinski definition) is 3. The smallest absolute Gasteiger partial charge is 0.327 e. The molecule has 3 rings (SSSR count). The maximum Gasteiger partial charge on any atom is 0.327 e. The Morgan fingerprint density at radius 1 is 1.08 bits per heavy atom. The minimum absolute atomic E-state index is 0.201. The Kier molecular flexibility index (Phi) is 5.29. The molecule has 0 bridgehead atoms. The first kappa shape index (κ1) is 16.3. The molecule has 0 atom stereocenters. The Balaban J connectivity index is 1.47. The fourth-order valence-corrected chi connectivity index (χ4v) is 2.66. The van der Waals surface area contributed by atoms with Crippen LogP contribution >= 0.6 is 0 Å². The van der Waals surface area contributed by atoms with E-state index in [2.05, 4.69) is 0 Å². The third-order valence-corrected chi connectivity index (χ3v) is 4.01. The second kappa shape index (κ2) is 7.79. The Morgan fingerprint density at radius 2 is 1.83 bits per heavy atom. The normalized spacial score (nSPS) is 19.8. The molecule has 0 heterocycles. The first-order valence-electron chi connectivity index (χ1n) is 8.03. The van der Waals surface area contributed by atoms with Crippen LogP contribution in [0.1, 0.15) is 18.4 Å². The van der Waals surface area contributed by atoms with Crippen molar-refractivity contribution < 1.29 is 19.4 Å². The molecule has 0 aliphatic heterocycles. The standard InChI is InChI=1S/C20H20O4/c21-20(22)10-9-15-11-19(12-15)23-14-16-5-4-8-18(13-16)24-17-6-2-1-3-7-17/h1-10,13,15,19H,11-12,14H2,(H,21,22)/t15-,19+. The number of para-hydroxylation sites is 1. The minimum atomic E-state index is -0.894. The summed E-state index contributed by atoms with van der Waals surface area (Å²) in [7, 11) is 0. The average Bonchev–Trinajstić information content (AvgIpc) is 2.54. The van der Waals surface area contributed by atoms with Gasteiger partial charge < -0.3 is 14.6 Å². The minimum Gasteiger partial charge on any atom is -0.478 e. The van der Waals surface area contributed by atoms with E-state index < -0.39 is 5.97 Å². The predicted octanol–water partition coefficient (Wildman–Crippen LogP) is 4.41. The maximum atomic E-state index is 10.5. The van der Waals surface area contributed by atoms with Crippen molar-refractivity contribution in [3.8, 4) is 11.5 Å². The van der Waals surface area contributed by atoms with Gasteiger partial charge in [-0.25, -0.2) is 4.79 Å². The van der Waals surface area contributed by atoms with Gasteiger partial charge in [-0.3, -0.25) is 0 Å². The Hall–Kier alpha value is -2.59. The summed E-state index contributed by atoms with van der Waals surface area (Å²) in [6.07, 6.45) is 4.92. The zero-order chi connectivity index (χ0) is 16.8. The van der Waals surface area contributed by atoms with Crippen molar-refractivity contribution in [3.63, 3.8) is 0 Å². The fraction of sp³-hybridized carbons (Fsp3) is 0.250. The first-order valence-corrected chi connectivity index (χ1v) is 8.03. The molecule has 1 saturated carbocycles. The number of rotatable bonds is 7. The summed E-state index contributed by atoms with van der Waals surface area (Å²) in [6.45, 7) is 0.534. The molecule has 0 amide bonds. The molecule has 124 valence electrons. The summed E-state index contributed by atoms with van der Waals surface area (Å²) in [5, 5.41) is 8.60. The lowest BCUT2D eigenvalue weighted by molar-refractivity contribution is -0.131. The van der Waals surface area contributed by atoms with Crippen molar-refractivity contribution in [1.82, 2.24) is 0 Å². The van der Waals surface area contributed by atoms with Gasteiger partial charge in [0.2, 0.25) is 0 Å². The van der Waals surface area contributed by atoms with E-state index in [0.717, 1.165) is 29.9 Å². The number of carboxylic acid groups (broad SMARTS) is 1. The van der Waals surface area contributed by atoms with Gasteiger partial charge in [0, 0.05) is 6.08 Å². The third-order valence-electron chi connectivity index (χ3n) is 4.01. The largest absolute Gasteiger partial charge is 0.478 e. The van der Waals surface area contributed by atoms with E-state index in [1.54, 1.807) is 6.08 Å². The molecule has 0 unspecified atom stereocenters. The van der Waals surface area contributed by atoms with E-state index >= 15 is 0 Å². The van der Waals surface area contributed by atoms with Gasteiger partial charge in [0.05, 0.1) is 12.7 Å². The van der Waals surface area contributed by atoms with E-state index in [-0.39, 0.29) is 6.10 Å². The van der Waals surface area contributed by atoms with Gasteiger partial charge in [0.1, 0.15) is 11.5 Å². The van der Waals surface area contributed by atoms with Crippen LogP contribution in [0.2, 0.25) is 0 Å². The van der Waals surface area contributed by atoms with E-state index in [9.17, 15) is 4.79 Å². The quantitative estimate of drug-likeness (QED) is 0.766. The van der Waals surface area contributed by atoms with Gasteiger partial charge in [0.25, 0.3) is 0 Å². The summed E-state index contributed by atoms with van der Waals surface area (Å²) in [5.74, 6) is 1.02. The lowest BCUT2D eigenvalue weighted by Gasteiger charge is -2.33. The van der Waals surface area contributed by atoms with Crippen LogP contribution in [-0.2, 0) is 16.1 Å². The molecule has 24 heavy (non-hydrogen) atoms. The highest BCUT2D eigenvalue weighted by atomic mass is 16.5. The third kappa shape index (κ3) is 4.70. The lowest BCUT2D eigenvalue weighted by Crippen LogP contribution is -2.30. The molecule has 4 heteroatoms. The molecular formula is C20H20O4. The van der Waals surface area contributed by atoms with E-state index in [1.165, 1.54) is 6.08 Å². The molecular weight excluding hydrogens is 304 g/mol. The van der Waals surface area contributed by atoms with Crippen molar-refractivity contribution in [2.45, 2.75) is 25.6 Å². The molecule has 2 aromatic carbocycles. The van der Waals surface area contributed by atoms with Crippen LogP contribution in [0, 0.1) is 5.92 Å². The van der Waals surface area contributed by atoms with Gasteiger partial charge in [-0.15, -0.1) is 0 Å². The summed E-state index contributed by atoms with van der Waals surface area (Å²) < 4.78 is 11.7. The van der Waals surface area contributed by atoms with Gasteiger partial charge >= 0.3 is 5.97 Å². The van der Waals surface area contributed by atoms with Crippen LogP contribution in [0.5, 0.6) is 11.5 Å². The second-order valence-electron chi connectivity index (χ2n) is 5.92. The molecule has 0 saturated heterocycles. The number of carbonyl (C=O) groups is 1. The Bertz CT molecular complexity index is 703. The van der Waals surface area contributed by atoms with Crippen LogP contribution in [0.15, 0.2) is 66.7 Å². The number of benzene rings is 2. The van der Waals surface area contributed by atoms with Crippen molar-refractivity contribution in [1.29, 1.82) is 0 Å². The van der Waals surface area contributed by atoms with Crippen molar-refractivity contribution in [2.24, 2.45) is 5.92 Å². The van der Waals surface area contributed by atoms with Crippen molar-refractivity contribution in [3.05, 3.63) is 72.3 Å². The molecule has 0 spiro atoms. The zero-order valence-electron chi connectivity index (χ0n) is 13.3. The van der Waals surface area contributed by atoms with Gasteiger partial charge in [0.15, 0.2) is 0 Å². The van der Waals surface area contributed by atoms with E-state index in [0.29, 0.717) is 12.5 Å². The number of aliphatic carboxylic acids is 1. The zero-order valence-corrected chi connectivity index (χ0v) is 13.3. The average molecular weight is 324 g/mol. The predicted molar refractivity (Wildman–Crippen MR) is 91.0 cm³/mol. The lowest BCUT2D eigenvalue weighted by atomic mass is 9.82. The Morgan fingerprint density at radius 3 is 2.58 bits per heavy atom. The molecule has 2 aromatic rings. The van der Waals surface area contributed by atoms with E-state index in [1.807, 2.05) is 54.6 Å². The van der Waals surface area contributed by atoms with Gasteiger partial charge in [-0.05, 0) is 48.6 Å². The SMILES string of the molecule is O=C(O)C=C[C@H]1C[C@@H](OCc2cccc(Oc3ccccc3)c2)C1. The van der Waals surface area contributed by atoms with Crippen LogP contribution in [0.4, 0.5) is 0 Å². The highest BCUT2D eigenvalue weighted by Crippen LogP contribution is 2.32. The summed E-state index contributed by atoms with van der Waals surface area (Å²) in [6, 6.07) is 17.5. The number of hydrogen-bond donors (Lipinski definition) is 1. The molecule has 1 aliphatic carbocycles. The molecule has 1 aliphatic rings. The number of ether oxygens (including phenoxy) is 2. The van der Waals surface area contributed by atoms with Crippen LogP contribution in [0.25, 0.3) is 0 Å². The highest BCUT2D eigenvalue weighted by Gasteiger charge is 2.27. The first-order chi connectivity index (χ1) is 11.7. The van der Waals surface area contributed by atoms with Crippen molar-refractivity contribution in [2.75, 3.05) is 0 Å². The molecule has 0 radical (unpaired) electrons. The maximum absolute atomic E-state index is 10.5. The van der Waals surface area contributed by atoms with E-state index in [4.69, 9.17) is 14.6 Å². The molecule has 1 fully saturated rings. The van der Waals surface area contributed by atoms with Crippen LogP contribution in [-0.4, -0.2) is 17.2 Å². The van der Waals surface area contributed by atoms with Crippen molar-refractivity contribution >= 4 is 5.97 Å². The summed E-state index contributed by atoms with van der Waals surface area (Å²) in [5.41, 5.74) is 1.06. The Labute approximate surface area is 141 Å². The number of carboxylic acids is 1. The van der Waals surface area contributed by atoms with Crippen LogP contribution < -0.4 is 4.74 Å². The molecule has 1 N–H and O–H groups in total. The highest BCUT2D eigenvalue weighted by molar-refractivity contribution is 5.79. The monoisotopic (exact) mass is 324 g/mol. The summed E-state index contributed by atoms with van der Waals surface area (Å²) >= 11 is 0.